The van der Waals surface area contributed by atoms with Crippen molar-refractivity contribution < 1.29 is 36.4 Å². The summed E-state index contributed by atoms with van der Waals surface area (Å²) < 4.78 is 65.4. The Labute approximate surface area is 245 Å². The summed E-state index contributed by atoms with van der Waals surface area (Å²) in [6.45, 7) is 1.52. The molecule has 0 aliphatic carbocycles. The van der Waals surface area contributed by atoms with Crippen LogP contribution in [0.4, 0.5) is 8.78 Å². The molecule has 5 rings (SSSR count). The summed E-state index contributed by atoms with van der Waals surface area (Å²) in [6, 6.07) is 25.8. The van der Waals surface area contributed by atoms with Crippen LogP contribution in [0.15, 0.2) is 108 Å². The van der Waals surface area contributed by atoms with Crippen LogP contribution in [0, 0.1) is 11.6 Å². The van der Waals surface area contributed by atoms with E-state index in [1.54, 1.807) is 6.92 Å². The van der Waals surface area contributed by atoms with Gasteiger partial charge in [-0.3, -0.25) is 13.8 Å². The second-order valence-electron chi connectivity index (χ2n) is 9.30. The number of aromatic nitrogens is 1. The van der Waals surface area contributed by atoms with Gasteiger partial charge >= 0.3 is 13.8 Å². The molecule has 0 fully saturated rings. The lowest BCUT2D eigenvalue weighted by molar-refractivity contribution is 0.0524. The van der Waals surface area contributed by atoms with Crippen molar-refractivity contribution in [2.24, 2.45) is 0 Å². The van der Waals surface area contributed by atoms with Gasteiger partial charge in [-0.2, -0.15) is 0 Å². The van der Waals surface area contributed by atoms with Gasteiger partial charge in [0.15, 0.2) is 11.6 Å². The molecule has 0 bridgehead atoms. The maximum absolute atomic E-state index is 14.2. The normalized spacial score (nSPS) is 11.4. The second kappa shape index (κ2) is 13.1. The number of esters is 1. The average molecular weight is 606 g/mol. The number of rotatable bonds is 11. The number of fused-ring (bicyclic) bond motifs is 1. The lowest BCUT2D eigenvalue weighted by atomic mass is 10.1. The summed E-state index contributed by atoms with van der Waals surface area (Å²) in [7, 11) is -4.15. The van der Waals surface area contributed by atoms with Gasteiger partial charge < -0.3 is 13.8 Å². The smallest absolute Gasteiger partial charge is 0.462 e. The zero-order valence-corrected chi connectivity index (χ0v) is 23.8. The summed E-state index contributed by atoms with van der Waals surface area (Å²) in [5.41, 5.74) is 0.754. The van der Waals surface area contributed by atoms with Gasteiger partial charge in [-0.15, -0.1) is 0 Å². The highest BCUT2D eigenvalue weighted by atomic mass is 31.2. The SMILES string of the molecule is CCOC(=O)c1cn(-c2ccc(OP(=O)(OCc3ccccc3)OCc3ccccc3)cc2)c2cc(F)c(F)cc2c1=O. The summed E-state index contributed by atoms with van der Waals surface area (Å²) in [5.74, 6) is -3.18. The van der Waals surface area contributed by atoms with E-state index in [0.717, 1.165) is 23.3 Å². The third kappa shape index (κ3) is 7.06. The van der Waals surface area contributed by atoms with Crippen molar-refractivity contribution in [3.63, 3.8) is 0 Å². The number of ether oxygens (including phenoxy) is 1. The number of phosphoric acid groups is 1. The zero-order valence-electron chi connectivity index (χ0n) is 22.9. The van der Waals surface area contributed by atoms with Gasteiger partial charge in [0.05, 0.1) is 30.7 Å². The number of carbonyl (C=O) groups excluding carboxylic acids is 1. The number of hydrogen-bond donors (Lipinski definition) is 0. The molecule has 0 unspecified atom stereocenters. The monoisotopic (exact) mass is 605 g/mol. The Kier molecular flexibility index (Phi) is 9.11. The van der Waals surface area contributed by atoms with Gasteiger partial charge in [-0.05, 0) is 48.4 Å². The fourth-order valence-electron chi connectivity index (χ4n) is 4.23. The molecular formula is C32H26F2NO7P. The molecule has 43 heavy (non-hydrogen) atoms. The van der Waals surface area contributed by atoms with E-state index >= 15 is 0 Å². The fraction of sp³-hybridized carbons (Fsp3) is 0.125. The predicted molar refractivity (Wildman–Crippen MR) is 156 cm³/mol. The zero-order chi connectivity index (χ0) is 30.4. The highest BCUT2D eigenvalue weighted by Crippen LogP contribution is 2.51. The van der Waals surface area contributed by atoms with Gasteiger partial charge in [0.25, 0.3) is 0 Å². The lowest BCUT2D eigenvalue weighted by Crippen LogP contribution is -2.21. The molecule has 0 N–H and O–H groups in total. The quantitative estimate of drug-likeness (QED) is 0.115. The molecule has 0 saturated carbocycles. The summed E-state index contributed by atoms with van der Waals surface area (Å²) >= 11 is 0. The van der Waals surface area contributed by atoms with E-state index in [4.69, 9.17) is 18.3 Å². The molecule has 0 saturated heterocycles. The molecule has 0 amide bonds. The molecule has 5 aromatic rings. The van der Waals surface area contributed by atoms with E-state index in [0.29, 0.717) is 5.69 Å². The first-order chi connectivity index (χ1) is 20.8. The van der Waals surface area contributed by atoms with E-state index in [2.05, 4.69) is 0 Å². The molecule has 8 nitrogen and oxygen atoms in total. The Morgan fingerprint density at radius 1 is 0.814 bits per heavy atom. The minimum absolute atomic E-state index is 0.0128. The maximum Gasteiger partial charge on any atom is 0.530 e. The van der Waals surface area contributed by atoms with Crippen molar-refractivity contribution in [2.45, 2.75) is 20.1 Å². The van der Waals surface area contributed by atoms with Gasteiger partial charge in [-0.1, -0.05) is 60.7 Å². The molecule has 0 radical (unpaired) electrons. The van der Waals surface area contributed by atoms with Crippen molar-refractivity contribution in [1.29, 1.82) is 0 Å². The van der Waals surface area contributed by atoms with Crippen LogP contribution < -0.4 is 9.95 Å². The lowest BCUT2D eigenvalue weighted by Gasteiger charge is -2.19. The fourth-order valence-corrected chi connectivity index (χ4v) is 5.40. The van der Waals surface area contributed by atoms with Crippen LogP contribution in [0.2, 0.25) is 0 Å². The summed E-state index contributed by atoms with van der Waals surface area (Å²) in [4.78, 5) is 25.4. The Bertz CT molecular complexity index is 1800. The van der Waals surface area contributed by atoms with Gasteiger partial charge in [0.1, 0.15) is 11.3 Å². The Balaban J connectivity index is 1.46. The summed E-state index contributed by atoms with van der Waals surface area (Å²) in [6.07, 6.45) is 1.20. The molecule has 220 valence electrons. The predicted octanol–water partition coefficient (Wildman–Crippen LogP) is 7.37. The van der Waals surface area contributed by atoms with Crippen molar-refractivity contribution >= 4 is 24.7 Å². The van der Waals surface area contributed by atoms with Crippen LogP contribution in [0.1, 0.15) is 28.4 Å². The Morgan fingerprint density at radius 2 is 1.37 bits per heavy atom. The molecule has 0 aliphatic rings. The number of hydrogen-bond acceptors (Lipinski definition) is 7. The number of carbonyl (C=O) groups is 1. The number of pyridine rings is 1. The number of halogens is 2. The molecule has 0 atom stereocenters. The van der Waals surface area contributed by atoms with Crippen LogP contribution in [0.5, 0.6) is 5.75 Å². The molecule has 0 aliphatic heterocycles. The number of benzene rings is 4. The molecule has 1 heterocycles. The number of nitrogens with zero attached hydrogens (tertiary/aromatic N) is 1. The van der Waals surface area contributed by atoms with Crippen LogP contribution >= 0.6 is 7.82 Å². The van der Waals surface area contributed by atoms with E-state index < -0.39 is 30.9 Å². The largest absolute Gasteiger partial charge is 0.530 e. The number of phosphoric ester groups is 1. The third-order valence-electron chi connectivity index (χ3n) is 6.34. The maximum atomic E-state index is 14.2. The van der Waals surface area contributed by atoms with Gasteiger partial charge in [0.2, 0.25) is 5.43 Å². The van der Waals surface area contributed by atoms with Crippen LogP contribution in [-0.2, 0) is 31.6 Å². The first kappa shape index (κ1) is 29.8. The minimum Gasteiger partial charge on any atom is -0.462 e. The van der Waals surface area contributed by atoms with Crippen molar-refractivity contribution in [2.75, 3.05) is 6.61 Å². The second-order valence-corrected chi connectivity index (χ2v) is 10.9. The van der Waals surface area contributed by atoms with Crippen molar-refractivity contribution in [3.8, 4) is 11.4 Å². The topological polar surface area (TPSA) is 93.1 Å². The molecule has 1 aromatic heterocycles. The van der Waals surface area contributed by atoms with E-state index in [-0.39, 0.29) is 42.0 Å². The molecule has 4 aromatic carbocycles. The highest BCUT2D eigenvalue weighted by molar-refractivity contribution is 7.48. The standard InChI is InChI=1S/C32H26F2NO7P/c1-2-39-32(37)27-19-35(30-18-29(34)28(33)17-26(30)31(27)36)24-13-15-25(16-14-24)42-43(38,40-20-22-9-5-3-6-10-22)41-21-23-11-7-4-8-12-23/h3-19H,2,20-21H2,1H3. The first-order valence-corrected chi connectivity index (χ1v) is 14.7. The summed E-state index contributed by atoms with van der Waals surface area (Å²) in [5, 5.41) is -0.210. The van der Waals surface area contributed by atoms with Crippen LogP contribution in [0.25, 0.3) is 16.6 Å². The van der Waals surface area contributed by atoms with Gasteiger partial charge in [0, 0.05) is 18.0 Å². The first-order valence-electron chi connectivity index (χ1n) is 13.2. The Morgan fingerprint density at radius 3 is 1.93 bits per heavy atom. The highest BCUT2D eigenvalue weighted by Gasteiger charge is 2.29. The van der Waals surface area contributed by atoms with Crippen molar-refractivity contribution in [1.82, 2.24) is 4.57 Å². The molecule has 11 heteroatoms. The molecular weight excluding hydrogens is 579 g/mol. The van der Waals surface area contributed by atoms with Crippen LogP contribution in [0.3, 0.4) is 0 Å². The third-order valence-corrected chi connectivity index (χ3v) is 7.66. The minimum atomic E-state index is -4.15. The van der Waals surface area contributed by atoms with Crippen molar-refractivity contribution in [3.05, 3.63) is 142 Å². The van der Waals surface area contributed by atoms with E-state index in [1.165, 1.54) is 35.0 Å². The average Bonchev–Trinajstić information content (AvgIpc) is 3.02. The van der Waals surface area contributed by atoms with Gasteiger partial charge in [-0.25, -0.2) is 18.1 Å². The van der Waals surface area contributed by atoms with E-state index in [1.807, 2.05) is 60.7 Å². The van der Waals surface area contributed by atoms with Crippen LogP contribution in [-0.4, -0.2) is 17.1 Å². The Hall–Kier alpha value is -4.63. The van der Waals surface area contributed by atoms with E-state index in [9.17, 15) is 22.9 Å². The molecule has 0 spiro atoms.